The van der Waals surface area contributed by atoms with E-state index in [1.807, 2.05) is 13.8 Å². The minimum Gasteiger partial charge on any atom is -0.423 e. The zero-order chi connectivity index (χ0) is 15.9. The molecule has 1 aliphatic heterocycles. The molecule has 1 atom stereocenters. The second-order valence-electron chi connectivity index (χ2n) is 5.19. The van der Waals surface area contributed by atoms with Crippen LogP contribution in [0.15, 0.2) is 14.7 Å². The molecule has 1 saturated heterocycles. The fraction of sp³-hybridized carbons (Fsp3) is 0.538. The summed E-state index contributed by atoms with van der Waals surface area (Å²) in [5.41, 5.74) is 0.987. The van der Waals surface area contributed by atoms with Crippen LogP contribution in [-0.2, 0) is 14.8 Å². The summed E-state index contributed by atoms with van der Waals surface area (Å²) in [4.78, 5) is 1.01. The van der Waals surface area contributed by atoms with Gasteiger partial charge in [-0.1, -0.05) is 0 Å². The number of hydrogen-bond donors (Lipinski definition) is 0. The van der Waals surface area contributed by atoms with E-state index < -0.39 is 16.1 Å². The van der Waals surface area contributed by atoms with Gasteiger partial charge in [0, 0.05) is 24.9 Å². The number of aryl methyl sites for hydroxylation is 3. The van der Waals surface area contributed by atoms with Crippen molar-refractivity contribution in [3.8, 4) is 0 Å². The van der Waals surface area contributed by atoms with Crippen LogP contribution in [0.5, 0.6) is 0 Å². The Hall–Kier alpha value is -1.29. The van der Waals surface area contributed by atoms with E-state index in [1.165, 1.54) is 15.6 Å². The van der Waals surface area contributed by atoms with Gasteiger partial charge < -0.3 is 9.15 Å². The van der Waals surface area contributed by atoms with Crippen LogP contribution in [0.25, 0.3) is 0 Å². The lowest BCUT2D eigenvalue weighted by molar-refractivity contribution is -0.0176. The van der Waals surface area contributed by atoms with E-state index in [4.69, 9.17) is 9.15 Å². The third kappa shape index (κ3) is 2.81. The highest BCUT2D eigenvalue weighted by Gasteiger charge is 2.34. The second-order valence-corrected chi connectivity index (χ2v) is 8.61. The average molecular weight is 343 g/mol. The second kappa shape index (κ2) is 5.73. The molecule has 120 valence electrons. The van der Waals surface area contributed by atoms with E-state index in [-0.39, 0.29) is 6.54 Å². The van der Waals surface area contributed by atoms with Gasteiger partial charge in [-0.2, -0.15) is 4.31 Å². The highest BCUT2D eigenvalue weighted by Crippen LogP contribution is 2.30. The summed E-state index contributed by atoms with van der Waals surface area (Å²) in [6.07, 6.45) is -0.521. The summed E-state index contributed by atoms with van der Waals surface area (Å²) in [7, 11) is -3.52. The van der Waals surface area contributed by atoms with Crippen molar-refractivity contribution in [2.45, 2.75) is 31.1 Å². The molecule has 0 N–H and O–H groups in total. The topological polar surface area (TPSA) is 85.5 Å². The number of nitrogens with zero attached hydrogens (tertiary/aromatic N) is 3. The fourth-order valence-electron chi connectivity index (χ4n) is 2.23. The third-order valence-corrected chi connectivity index (χ3v) is 7.05. The van der Waals surface area contributed by atoms with Crippen molar-refractivity contribution in [1.29, 1.82) is 0 Å². The van der Waals surface area contributed by atoms with E-state index in [0.717, 1.165) is 10.4 Å². The highest BCUT2D eigenvalue weighted by atomic mass is 32.2. The first-order chi connectivity index (χ1) is 10.4. The number of thiophene rings is 1. The fourth-order valence-corrected chi connectivity index (χ4v) is 5.33. The van der Waals surface area contributed by atoms with Crippen molar-refractivity contribution >= 4 is 21.4 Å². The molecule has 0 aliphatic carbocycles. The van der Waals surface area contributed by atoms with Gasteiger partial charge in [-0.05, 0) is 25.5 Å². The van der Waals surface area contributed by atoms with Crippen molar-refractivity contribution in [2.75, 3.05) is 19.7 Å². The normalized spacial score (nSPS) is 20.4. The number of aromatic nitrogens is 2. The molecule has 0 aromatic carbocycles. The van der Waals surface area contributed by atoms with Gasteiger partial charge in [0.05, 0.1) is 6.61 Å². The van der Waals surface area contributed by atoms with Gasteiger partial charge in [-0.25, -0.2) is 8.42 Å². The predicted molar refractivity (Wildman–Crippen MR) is 80.3 cm³/mol. The molecule has 9 heteroatoms. The van der Waals surface area contributed by atoms with Crippen LogP contribution in [0.2, 0.25) is 0 Å². The molecule has 0 saturated carbocycles. The molecule has 0 radical (unpaired) electrons. The molecule has 0 spiro atoms. The van der Waals surface area contributed by atoms with E-state index in [0.29, 0.717) is 29.1 Å². The minimum atomic E-state index is -3.52. The number of ether oxygens (including phenoxy) is 1. The van der Waals surface area contributed by atoms with Gasteiger partial charge in [0.1, 0.15) is 10.3 Å². The van der Waals surface area contributed by atoms with Crippen LogP contribution >= 0.6 is 11.3 Å². The van der Waals surface area contributed by atoms with Gasteiger partial charge in [0.25, 0.3) is 10.0 Å². The Kier molecular flexibility index (Phi) is 4.06. The Morgan fingerprint density at radius 2 is 2.09 bits per heavy atom. The molecule has 7 nitrogen and oxygen atoms in total. The molecule has 2 aromatic heterocycles. The maximum Gasteiger partial charge on any atom is 0.252 e. The van der Waals surface area contributed by atoms with Crippen molar-refractivity contribution in [3.05, 3.63) is 28.3 Å². The first-order valence-corrected chi connectivity index (χ1v) is 9.12. The van der Waals surface area contributed by atoms with E-state index >= 15 is 0 Å². The largest absolute Gasteiger partial charge is 0.423 e. The molecule has 1 fully saturated rings. The summed E-state index contributed by atoms with van der Waals surface area (Å²) < 4.78 is 38.2. The van der Waals surface area contributed by atoms with Gasteiger partial charge >= 0.3 is 0 Å². The first kappa shape index (κ1) is 15.6. The quantitative estimate of drug-likeness (QED) is 0.845. The summed E-state index contributed by atoms with van der Waals surface area (Å²) in [5.74, 6) is 0.749. The lowest BCUT2D eigenvalue weighted by atomic mass is 10.3. The van der Waals surface area contributed by atoms with E-state index in [2.05, 4.69) is 10.2 Å². The zero-order valence-corrected chi connectivity index (χ0v) is 14.2. The third-order valence-electron chi connectivity index (χ3n) is 3.58. The SMILES string of the molecule is Cc1nnc([C@H]2CN(S(=O)(=O)c3cc(C)c(C)s3)CCO2)o1. The Morgan fingerprint density at radius 3 is 2.68 bits per heavy atom. The monoisotopic (exact) mass is 343 g/mol. The van der Waals surface area contributed by atoms with E-state index in [9.17, 15) is 8.42 Å². The number of morpholine rings is 1. The Bertz CT molecular complexity index is 762. The van der Waals surface area contributed by atoms with Gasteiger partial charge in [0.15, 0.2) is 0 Å². The Balaban J connectivity index is 1.84. The summed E-state index contributed by atoms with van der Waals surface area (Å²) >= 11 is 1.29. The molecule has 0 amide bonds. The number of rotatable bonds is 3. The van der Waals surface area contributed by atoms with Gasteiger partial charge in [-0.15, -0.1) is 21.5 Å². The van der Waals surface area contributed by atoms with Gasteiger partial charge in [-0.3, -0.25) is 0 Å². The summed E-state index contributed by atoms with van der Waals surface area (Å²) in [6.45, 7) is 6.32. The van der Waals surface area contributed by atoms with Crippen LogP contribution in [0, 0.1) is 20.8 Å². The van der Waals surface area contributed by atoms with Crippen LogP contribution in [0.3, 0.4) is 0 Å². The smallest absolute Gasteiger partial charge is 0.252 e. The van der Waals surface area contributed by atoms with Gasteiger partial charge in [0.2, 0.25) is 11.8 Å². The van der Waals surface area contributed by atoms with Crippen molar-refractivity contribution < 1.29 is 17.6 Å². The molecule has 0 bridgehead atoms. The van der Waals surface area contributed by atoms with Crippen molar-refractivity contribution in [3.63, 3.8) is 0 Å². The zero-order valence-electron chi connectivity index (χ0n) is 12.6. The summed E-state index contributed by atoms with van der Waals surface area (Å²) in [5, 5.41) is 7.68. The lowest BCUT2D eigenvalue weighted by Crippen LogP contribution is -2.42. The Labute approximate surface area is 133 Å². The van der Waals surface area contributed by atoms with Crippen molar-refractivity contribution in [1.82, 2.24) is 14.5 Å². The average Bonchev–Trinajstić information content (AvgIpc) is 3.06. The standard InChI is InChI=1S/C13H17N3O4S2/c1-8-6-12(21-9(8)2)22(17,18)16-4-5-19-11(7-16)13-15-14-10(3)20-13/h6,11H,4-5,7H2,1-3H3/t11-/m1/s1. The summed E-state index contributed by atoms with van der Waals surface area (Å²) in [6, 6.07) is 1.72. The van der Waals surface area contributed by atoms with Crippen molar-refractivity contribution in [2.24, 2.45) is 0 Å². The van der Waals surface area contributed by atoms with E-state index in [1.54, 1.807) is 13.0 Å². The van der Waals surface area contributed by atoms with Crippen LogP contribution in [0.1, 0.15) is 28.3 Å². The molecular weight excluding hydrogens is 326 g/mol. The maximum absolute atomic E-state index is 12.7. The van der Waals surface area contributed by atoms with Crippen LogP contribution < -0.4 is 0 Å². The maximum atomic E-state index is 12.7. The van der Waals surface area contributed by atoms with Crippen LogP contribution in [-0.4, -0.2) is 42.6 Å². The highest BCUT2D eigenvalue weighted by molar-refractivity contribution is 7.91. The molecule has 0 unspecified atom stereocenters. The molecule has 2 aromatic rings. The Morgan fingerprint density at radius 1 is 1.32 bits per heavy atom. The first-order valence-electron chi connectivity index (χ1n) is 6.86. The molecule has 3 rings (SSSR count). The molecule has 1 aliphatic rings. The number of sulfonamides is 1. The molecular formula is C13H17N3O4S2. The predicted octanol–water partition coefficient (Wildman–Crippen LogP) is 1.82. The molecule has 22 heavy (non-hydrogen) atoms. The molecule has 3 heterocycles. The minimum absolute atomic E-state index is 0.181. The lowest BCUT2D eigenvalue weighted by Gasteiger charge is -2.29. The van der Waals surface area contributed by atoms with Crippen LogP contribution in [0.4, 0.5) is 0 Å². The number of hydrogen-bond acceptors (Lipinski definition) is 7.